The molecule has 5 nitrogen and oxygen atoms in total. The number of nitrogens with one attached hydrogen (secondary N) is 1. The molecule has 1 aromatic heterocycles. The summed E-state index contributed by atoms with van der Waals surface area (Å²) in [7, 11) is 0. The van der Waals surface area contributed by atoms with Crippen molar-refractivity contribution in [3.8, 4) is 0 Å². The SMILES string of the molecule is CCN(CC)CC(=O)N1CCNCC1c1cccnc1.Cl.Cl. The van der Waals surface area contributed by atoms with Crippen LogP contribution in [0.1, 0.15) is 25.5 Å². The first kappa shape index (κ1) is 21.1. The van der Waals surface area contributed by atoms with Crippen molar-refractivity contribution in [1.29, 1.82) is 0 Å². The summed E-state index contributed by atoms with van der Waals surface area (Å²) in [6, 6.07) is 4.07. The summed E-state index contributed by atoms with van der Waals surface area (Å²) in [6.07, 6.45) is 3.62. The Labute approximate surface area is 145 Å². The molecule has 2 heterocycles. The molecule has 1 N–H and O–H groups in total. The summed E-state index contributed by atoms with van der Waals surface area (Å²) in [4.78, 5) is 20.9. The molecule has 0 saturated carbocycles. The monoisotopic (exact) mass is 348 g/mol. The highest BCUT2D eigenvalue weighted by atomic mass is 35.5. The van der Waals surface area contributed by atoms with Crippen LogP contribution < -0.4 is 5.32 Å². The van der Waals surface area contributed by atoms with Crippen molar-refractivity contribution in [2.45, 2.75) is 19.9 Å². The van der Waals surface area contributed by atoms with Gasteiger partial charge in [0.15, 0.2) is 0 Å². The molecule has 1 aliphatic rings. The Bertz CT molecular complexity index is 429. The van der Waals surface area contributed by atoms with Gasteiger partial charge in [-0.3, -0.25) is 14.7 Å². The third-order valence-corrected chi connectivity index (χ3v) is 3.89. The fourth-order valence-corrected chi connectivity index (χ4v) is 2.60. The van der Waals surface area contributed by atoms with Crippen LogP contribution in [0.2, 0.25) is 0 Å². The number of pyridine rings is 1. The van der Waals surface area contributed by atoms with Crippen LogP contribution in [0, 0.1) is 0 Å². The lowest BCUT2D eigenvalue weighted by atomic mass is 10.1. The first-order valence-corrected chi connectivity index (χ1v) is 7.38. The van der Waals surface area contributed by atoms with Gasteiger partial charge in [-0.05, 0) is 24.7 Å². The number of hydrogen-bond donors (Lipinski definition) is 1. The topological polar surface area (TPSA) is 48.5 Å². The third kappa shape index (κ3) is 5.39. The Morgan fingerprint density at radius 3 is 2.73 bits per heavy atom. The highest BCUT2D eigenvalue weighted by Gasteiger charge is 2.28. The summed E-state index contributed by atoms with van der Waals surface area (Å²) >= 11 is 0. The van der Waals surface area contributed by atoms with Gasteiger partial charge in [-0.15, -0.1) is 24.8 Å². The molecule has 1 unspecified atom stereocenters. The zero-order chi connectivity index (χ0) is 14.4. The summed E-state index contributed by atoms with van der Waals surface area (Å²) in [5, 5.41) is 3.36. The Morgan fingerprint density at radius 1 is 1.41 bits per heavy atom. The van der Waals surface area contributed by atoms with Crippen molar-refractivity contribution in [1.82, 2.24) is 20.1 Å². The minimum absolute atomic E-state index is 0. The molecular weight excluding hydrogens is 323 g/mol. The highest BCUT2D eigenvalue weighted by molar-refractivity contribution is 5.85. The first-order valence-electron chi connectivity index (χ1n) is 7.38. The fraction of sp³-hybridized carbons (Fsp3) is 0.600. The van der Waals surface area contributed by atoms with Gasteiger partial charge < -0.3 is 10.2 Å². The number of hydrogen-bond acceptors (Lipinski definition) is 4. The summed E-state index contributed by atoms with van der Waals surface area (Å²) in [6.45, 7) is 8.93. The van der Waals surface area contributed by atoms with Crippen LogP contribution in [0.3, 0.4) is 0 Å². The summed E-state index contributed by atoms with van der Waals surface area (Å²) < 4.78 is 0. The molecule has 0 radical (unpaired) electrons. The van der Waals surface area contributed by atoms with Crippen LogP contribution in [0.4, 0.5) is 0 Å². The zero-order valence-corrected chi connectivity index (χ0v) is 14.8. The number of amides is 1. The molecule has 2 rings (SSSR count). The maximum Gasteiger partial charge on any atom is 0.237 e. The number of carbonyl (C=O) groups is 1. The van der Waals surface area contributed by atoms with E-state index in [1.165, 1.54) is 0 Å². The smallest absolute Gasteiger partial charge is 0.237 e. The third-order valence-electron chi connectivity index (χ3n) is 3.89. The van der Waals surface area contributed by atoms with Crippen LogP contribution >= 0.6 is 24.8 Å². The summed E-state index contributed by atoms with van der Waals surface area (Å²) in [5.74, 6) is 0.212. The molecule has 1 aliphatic heterocycles. The molecule has 1 amide bonds. The molecule has 1 atom stereocenters. The van der Waals surface area contributed by atoms with Gasteiger partial charge in [-0.1, -0.05) is 19.9 Å². The molecule has 0 aromatic carbocycles. The Hall–Kier alpha value is -0.880. The second-order valence-corrected chi connectivity index (χ2v) is 5.05. The largest absolute Gasteiger partial charge is 0.332 e. The van der Waals surface area contributed by atoms with E-state index in [4.69, 9.17) is 0 Å². The van der Waals surface area contributed by atoms with E-state index in [0.29, 0.717) is 6.54 Å². The Balaban J connectivity index is 0.00000220. The van der Waals surface area contributed by atoms with E-state index in [-0.39, 0.29) is 36.8 Å². The van der Waals surface area contributed by atoms with Crippen LogP contribution in [-0.2, 0) is 4.79 Å². The van der Waals surface area contributed by atoms with Crippen LogP contribution in [-0.4, -0.2) is 60.0 Å². The molecule has 22 heavy (non-hydrogen) atoms. The number of nitrogens with zero attached hydrogens (tertiary/aromatic N) is 3. The minimum Gasteiger partial charge on any atom is -0.332 e. The second-order valence-electron chi connectivity index (χ2n) is 5.05. The average Bonchev–Trinajstić information content (AvgIpc) is 2.53. The summed E-state index contributed by atoms with van der Waals surface area (Å²) in [5.41, 5.74) is 1.10. The van der Waals surface area contributed by atoms with Gasteiger partial charge in [0.1, 0.15) is 0 Å². The molecule has 1 aromatic rings. The number of aromatic nitrogens is 1. The first-order chi connectivity index (χ1) is 9.76. The van der Waals surface area contributed by atoms with Crippen molar-refractivity contribution in [3.63, 3.8) is 0 Å². The molecule has 1 saturated heterocycles. The fourth-order valence-electron chi connectivity index (χ4n) is 2.60. The predicted octanol–water partition coefficient (Wildman–Crippen LogP) is 1.74. The van der Waals surface area contributed by atoms with Crippen molar-refractivity contribution < 1.29 is 4.79 Å². The molecule has 0 aliphatic carbocycles. The van der Waals surface area contributed by atoms with E-state index in [2.05, 4.69) is 29.0 Å². The predicted molar refractivity (Wildman–Crippen MR) is 93.8 cm³/mol. The standard InChI is InChI=1S/C15H24N4O.2ClH/c1-3-18(4-2)12-15(20)19-9-8-17-11-14(19)13-6-5-7-16-10-13;;/h5-7,10,14,17H,3-4,8-9,11-12H2,1-2H3;2*1H. The van der Waals surface area contributed by atoms with E-state index in [1.54, 1.807) is 6.20 Å². The number of carbonyl (C=O) groups excluding carboxylic acids is 1. The van der Waals surface area contributed by atoms with E-state index in [9.17, 15) is 4.79 Å². The van der Waals surface area contributed by atoms with Crippen LogP contribution in [0.25, 0.3) is 0 Å². The maximum absolute atomic E-state index is 12.5. The van der Waals surface area contributed by atoms with Crippen molar-refractivity contribution >= 4 is 30.7 Å². The van der Waals surface area contributed by atoms with Crippen LogP contribution in [0.5, 0.6) is 0 Å². The molecule has 0 bridgehead atoms. The minimum atomic E-state index is 0. The van der Waals surface area contributed by atoms with Crippen molar-refractivity contribution in [3.05, 3.63) is 30.1 Å². The van der Waals surface area contributed by atoms with E-state index < -0.39 is 0 Å². The van der Waals surface area contributed by atoms with Crippen molar-refractivity contribution in [2.24, 2.45) is 0 Å². The molecule has 7 heteroatoms. The lowest BCUT2D eigenvalue weighted by molar-refractivity contribution is -0.135. The molecule has 0 spiro atoms. The number of likely N-dealkylation sites (N-methyl/N-ethyl adjacent to an activating group) is 1. The van der Waals surface area contributed by atoms with E-state index in [0.717, 1.165) is 38.3 Å². The van der Waals surface area contributed by atoms with Gasteiger partial charge in [-0.2, -0.15) is 0 Å². The Morgan fingerprint density at radius 2 is 2.14 bits per heavy atom. The van der Waals surface area contributed by atoms with Gasteiger partial charge in [0.2, 0.25) is 5.91 Å². The zero-order valence-electron chi connectivity index (χ0n) is 13.2. The van der Waals surface area contributed by atoms with E-state index >= 15 is 0 Å². The molecule has 1 fully saturated rings. The molecular formula is C15H26Cl2N4O. The lowest BCUT2D eigenvalue weighted by Crippen LogP contribution is -2.51. The highest BCUT2D eigenvalue weighted by Crippen LogP contribution is 2.21. The second kappa shape index (κ2) is 10.8. The van der Waals surface area contributed by atoms with Gasteiger partial charge in [0.25, 0.3) is 0 Å². The van der Waals surface area contributed by atoms with Gasteiger partial charge in [-0.25, -0.2) is 0 Å². The lowest BCUT2D eigenvalue weighted by Gasteiger charge is -2.37. The normalized spacial score (nSPS) is 17.6. The van der Waals surface area contributed by atoms with Gasteiger partial charge in [0.05, 0.1) is 12.6 Å². The number of halogens is 2. The van der Waals surface area contributed by atoms with Gasteiger partial charge in [0, 0.05) is 32.0 Å². The Kier molecular flexibility index (Phi) is 10.3. The molecule has 126 valence electrons. The van der Waals surface area contributed by atoms with Gasteiger partial charge >= 0.3 is 0 Å². The average molecular weight is 349 g/mol. The van der Waals surface area contributed by atoms with E-state index in [1.807, 2.05) is 23.2 Å². The maximum atomic E-state index is 12.5. The number of rotatable bonds is 5. The number of piperazine rings is 1. The van der Waals surface area contributed by atoms with Crippen LogP contribution in [0.15, 0.2) is 24.5 Å². The van der Waals surface area contributed by atoms with Crippen molar-refractivity contribution in [2.75, 3.05) is 39.3 Å². The quantitative estimate of drug-likeness (QED) is 0.880.